The summed E-state index contributed by atoms with van der Waals surface area (Å²) in [6, 6.07) is 10.4. The van der Waals surface area contributed by atoms with Crippen LogP contribution in [-0.4, -0.2) is 82.3 Å². The van der Waals surface area contributed by atoms with Crippen molar-refractivity contribution in [3.05, 3.63) is 35.9 Å². The van der Waals surface area contributed by atoms with E-state index in [1.807, 2.05) is 13.1 Å². The van der Waals surface area contributed by atoms with Crippen molar-refractivity contribution in [1.29, 1.82) is 0 Å². The third-order valence-electron chi connectivity index (χ3n) is 5.23. The summed E-state index contributed by atoms with van der Waals surface area (Å²) in [7, 11) is 4.04. The predicted octanol–water partition coefficient (Wildman–Crippen LogP) is 2.96. The fourth-order valence-corrected chi connectivity index (χ4v) is 3.41. The summed E-state index contributed by atoms with van der Waals surface area (Å²) >= 11 is 0. The quantitative estimate of drug-likeness (QED) is 0.216. The van der Waals surface area contributed by atoms with E-state index in [-0.39, 0.29) is 30.1 Å². The van der Waals surface area contributed by atoms with Crippen molar-refractivity contribution in [2.45, 2.75) is 32.3 Å². The molecule has 1 saturated heterocycles. The zero-order chi connectivity index (χ0) is 20.0. The molecule has 1 aliphatic rings. The second-order valence-electron chi connectivity index (χ2n) is 7.56. The predicted molar refractivity (Wildman–Crippen MR) is 133 cm³/mol. The minimum absolute atomic E-state index is 0. The first-order valence-corrected chi connectivity index (χ1v) is 10.7. The summed E-state index contributed by atoms with van der Waals surface area (Å²) in [6.07, 6.45) is 3.51. The first kappa shape index (κ1) is 26.1. The van der Waals surface area contributed by atoms with Crippen LogP contribution in [0.15, 0.2) is 35.3 Å². The molecule has 6 nitrogen and oxygen atoms in total. The topological polar surface area (TPSA) is 52.1 Å². The molecule has 1 unspecified atom stereocenters. The van der Waals surface area contributed by atoms with E-state index >= 15 is 0 Å². The van der Waals surface area contributed by atoms with Crippen LogP contribution in [0.4, 0.5) is 0 Å². The number of hydrogen-bond donors (Lipinski definition) is 2. The minimum atomic E-state index is 0. The smallest absolute Gasteiger partial charge is 0.190 e. The maximum atomic E-state index is 5.92. The molecule has 0 spiro atoms. The van der Waals surface area contributed by atoms with Gasteiger partial charge in [-0.2, -0.15) is 0 Å². The van der Waals surface area contributed by atoms with Gasteiger partial charge in [0.2, 0.25) is 0 Å². The van der Waals surface area contributed by atoms with Crippen LogP contribution in [0.2, 0.25) is 0 Å². The number of benzene rings is 1. The first-order chi connectivity index (χ1) is 13.7. The zero-order valence-corrected chi connectivity index (χ0v) is 20.7. The number of likely N-dealkylation sites (N-methyl/N-ethyl adjacent to an activating group) is 1. The summed E-state index contributed by atoms with van der Waals surface area (Å²) in [5, 5.41) is 6.80. The van der Waals surface area contributed by atoms with E-state index in [2.05, 4.69) is 63.7 Å². The van der Waals surface area contributed by atoms with Crippen LogP contribution in [0.5, 0.6) is 0 Å². The molecule has 0 aliphatic carbocycles. The van der Waals surface area contributed by atoms with Crippen LogP contribution in [0.3, 0.4) is 0 Å². The highest BCUT2D eigenvalue weighted by atomic mass is 127. The summed E-state index contributed by atoms with van der Waals surface area (Å²) in [6.45, 7) is 10.6. The second-order valence-corrected chi connectivity index (χ2v) is 7.56. The highest BCUT2D eigenvalue weighted by Gasteiger charge is 2.11. The van der Waals surface area contributed by atoms with Crippen LogP contribution in [0, 0.1) is 0 Å². The van der Waals surface area contributed by atoms with E-state index in [0.29, 0.717) is 0 Å². The number of hydrogen-bond acceptors (Lipinski definition) is 4. The average molecular weight is 518 g/mol. The maximum Gasteiger partial charge on any atom is 0.190 e. The Kier molecular flexibility index (Phi) is 14.3. The van der Waals surface area contributed by atoms with E-state index in [1.54, 1.807) is 0 Å². The number of guanidine groups is 1. The van der Waals surface area contributed by atoms with Gasteiger partial charge in [-0.1, -0.05) is 30.3 Å². The number of rotatable bonds is 10. The van der Waals surface area contributed by atoms with E-state index in [9.17, 15) is 0 Å². The first-order valence-electron chi connectivity index (χ1n) is 10.7. The number of halogens is 1. The highest BCUT2D eigenvalue weighted by molar-refractivity contribution is 14.0. The number of aliphatic imine (C=N–C) groups is 1. The molecule has 0 saturated carbocycles. The molecule has 7 heteroatoms. The Morgan fingerprint density at radius 1 is 1.07 bits per heavy atom. The molecule has 0 aromatic heterocycles. The molecular weight excluding hydrogens is 477 g/mol. The second kappa shape index (κ2) is 15.9. The lowest BCUT2D eigenvalue weighted by Gasteiger charge is -2.20. The standard InChI is InChI=1S/C22H39N5O.HI/c1-20(21-10-5-4-6-11-21)28-19-8-13-25-22(23-2)24-12-7-15-27-16-9-14-26(3)17-18-27;/h4-6,10-11,20H,7-9,12-19H2,1-3H3,(H2,23,24,25);1H. The van der Waals surface area contributed by atoms with Crippen molar-refractivity contribution in [3.63, 3.8) is 0 Å². The minimum Gasteiger partial charge on any atom is -0.374 e. The third-order valence-corrected chi connectivity index (χ3v) is 5.23. The molecular formula is C22H40IN5O. The number of nitrogens with one attached hydrogen (secondary N) is 2. The Hall–Kier alpha value is -0.900. The largest absolute Gasteiger partial charge is 0.374 e. The van der Waals surface area contributed by atoms with Crippen molar-refractivity contribution in [1.82, 2.24) is 20.4 Å². The van der Waals surface area contributed by atoms with Gasteiger partial charge in [0.1, 0.15) is 0 Å². The highest BCUT2D eigenvalue weighted by Crippen LogP contribution is 2.15. The van der Waals surface area contributed by atoms with Gasteiger partial charge in [0.05, 0.1) is 6.10 Å². The van der Waals surface area contributed by atoms with Crippen molar-refractivity contribution in [3.8, 4) is 0 Å². The summed E-state index contributed by atoms with van der Waals surface area (Å²) in [5.41, 5.74) is 1.23. The maximum absolute atomic E-state index is 5.92. The van der Waals surface area contributed by atoms with E-state index < -0.39 is 0 Å². The van der Waals surface area contributed by atoms with Gasteiger partial charge in [0.25, 0.3) is 0 Å². The Morgan fingerprint density at radius 3 is 2.52 bits per heavy atom. The molecule has 166 valence electrons. The van der Waals surface area contributed by atoms with Gasteiger partial charge in [-0.25, -0.2) is 0 Å². The molecule has 0 amide bonds. The van der Waals surface area contributed by atoms with Gasteiger partial charge >= 0.3 is 0 Å². The van der Waals surface area contributed by atoms with E-state index in [0.717, 1.165) is 45.0 Å². The Morgan fingerprint density at radius 2 is 1.79 bits per heavy atom. The molecule has 1 aromatic carbocycles. The number of ether oxygens (including phenoxy) is 1. The normalized spacial score (nSPS) is 17.3. The fraction of sp³-hybridized carbons (Fsp3) is 0.682. The van der Waals surface area contributed by atoms with Gasteiger partial charge in [-0.3, -0.25) is 4.99 Å². The Bertz CT molecular complexity index is 557. The van der Waals surface area contributed by atoms with Crippen molar-refractivity contribution >= 4 is 29.9 Å². The van der Waals surface area contributed by atoms with Crippen LogP contribution >= 0.6 is 24.0 Å². The molecule has 1 aliphatic heterocycles. The monoisotopic (exact) mass is 517 g/mol. The molecule has 1 fully saturated rings. The van der Waals surface area contributed by atoms with Crippen LogP contribution < -0.4 is 10.6 Å². The molecule has 0 radical (unpaired) electrons. The van der Waals surface area contributed by atoms with Gasteiger partial charge < -0.3 is 25.2 Å². The third kappa shape index (κ3) is 11.2. The van der Waals surface area contributed by atoms with Crippen LogP contribution in [0.25, 0.3) is 0 Å². The lowest BCUT2D eigenvalue weighted by molar-refractivity contribution is 0.0646. The summed E-state index contributed by atoms with van der Waals surface area (Å²) in [5.74, 6) is 0.881. The van der Waals surface area contributed by atoms with Crippen molar-refractivity contribution in [2.24, 2.45) is 4.99 Å². The average Bonchev–Trinajstić information content (AvgIpc) is 2.93. The van der Waals surface area contributed by atoms with Gasteiger partial charge in [0, 0.05) is 39.8 Å². The van der Waals surface area contributed by atoms with E-state index in [1.165, 1.54) is 38.2 Å². The molecule has 29 heavy (non-hydrogen) atoms. The molecule has 1 atom stereocenters. The molecule has 1 aromatic rings. The number of nitrogens with zero attached hydrogens (tertiary/aromatic N) is 3. The van der Waals surface area contributed by atoms with Gasteiger partial charge in [0.15, 0.2) is 5.96 Å². The van der Waals surface area contributed by atoms with Crippen molar-refractivity contribution < 1.29 is 4.74 Å². The van der Waals surface area contributed by atoms with Crippen molar-refractivity contribution in [2.75, 3.05) is 66.5 Å². The summed E-state index contributed by atoms with van der Waals surface area (Å²) < 4.78 is 5.92. The van der Waals surface area contributed by atoms with Gasteiger partial charge in [-0.15, -0.1) is 24.0 Å². The SMILES string of the molecule is CN=C(NCCCOC(C)c1ccccc1)NCCCN1CCCN(C)CC1.I. The van der Waals surface area contributed by atoms with E-state index in [4.69, 9.17) is 4.74 Å². The lowest BCUT2D eigenvalue weighted by Crippen LogP contribution is -2.39. The van der Waals surface area contributed by atoms with Gasteiger partial charge in [-0.05, 0) is 58.4 Å². The lowest BCUT2D eigenvalue weighted by atomic mass is 10.1. The Labute approximate surface area is 194 Å². The molecule has 1 heterocycles. The van der Waals surface area contributed by atoms with Crippen LogP contribution in [0.1, 0.15) is 37.9 Å². The fourth-order valence-electron chi connectivity index (χ4n) is 3.41. The molecule has 2 N–H and O–H groups in total. The Balaban J connectivity index is 0.00000420. The molecule has 2 rings (SSSR count). The molecule has 0 bridgehead atoms. The summed E-state index contributed by atoms with van der Waals surface area (Å²) in [4.78, 5) is 9.31. The van der Waals surface area contributed by atoms with Crippen LogP contribution in [-0.2, 0) is 4.74 Å². The zero-order valence-electron chi connectivity index (χ0n) is 18.4.